The summed E-state index contributed by atoms with van der Waals surface area (Å²) in [6.07, 6.45) is 67.9. The number of rotatable bonds is 72. The van der Waals surface area contributed by atoms with Crippen LogP contribution in [0.3, 0.4) is 0 Å². The van der Waals surface area contributed by atoms with E-state index in [0.717, 1.165) is 89.9 Å². The fourth-order valence-corrected chi connectivity index (χ4v) is 16.2. The molecule has 2 amide bonds. The minimum absolute atomic E-state index is 0. The van der Waals surface area contributed by atoms with Crippen molar-refractivity contribution in [2.24, 2.45) is 23.3 Å². The Labute approximate surface area is 624 Å². The second-order valence-electron chi connectivity index (χ2n) is 28.1. The van der Waals surface area contributed by atoms with Crippen LogP contribution in [0.5, 0.6) is 0 Å². The summed E-state index contributed by atoms with van der Waals surface area (Å²) in [5.74, 6) is -8.89. The van der Waals surface area contributed by atoms with Crippen molar-refractivity contribution in [2.45, 2.75) is 448 Å². The monoisotopic (exact) mass is 1390 g/mol. The van der Waals surface area contributed by atoms with Crippen molar-refractivity contribution in [3.05, 3.63) is 0 Å². The van der Waals surface area contributed by atoms with E-state index in [1.807, 2.05) is 0 Å². The van der Waals surface area contributed by atoms with Gasteiger partial charge in [-0.3, -0.25) is 18.7 Å². The molecule has 0 aromatic heterocycles. The van der Waals surface area contributed by atoms with Crippen LogP contribution in [0.15, 0.2) is 0 Å². The molecular weight excluding hydrogens is 1240 g/mol. The standard InChI is InChI=1S/2C38H75NO6S.2Na/c2*1-3-5-7-9-11-13-15-17-19-20-21-23-25-27-29-31-33-35(36(39)40)38(37(41)42,46(43,44)45)34-32-30-28-26-24-22-18-16-14-12-10-8-6-4-2;;/h2*35H,3-34H2,1-2H3,(H2,39,40)(H,41,42)(H,43,44,45);;/q;;2*+1/p-2. The van der Waals surface area contributed by atoms with Gasteiger partial charge >= 0.3 is 59.1 Å². The maximum absolute atomic E-state index is 12.5. The average Bonchev–Trinajstić information content (AvgIpc) is 0.772. The summed E-state index contributed by atoms with van der Waals surface area (Å²) in [6, 6.07) is 0. The summed E-state index contributed by atoms with van der Waals surface area (Å²) >= 11 is 0. The molecule has 0 bridgehead atoms. The molecule has 0 saturated carbocycles. The molecule has 4 unspecified atom stereocenters. The zero-order chi connectivity index (χ0) is 68.7. The molecule has 6 N–H and O–H groups in total. The maximum atomic E-state index is 12.5. The molecular formula is C76H148N2Na2O12S2. The first kappa shape index (κ1) is 100. The summed E-state index contributed by atoms with van der Waals surface area (Å²) in [5, 5.41) is 24.6. The van der Waals surface area contributed by atoms with Crippen molar-refractivity contribution in [1.29, 1.82) is 0 Å². The summed E-state index contributed by atoms with van der Waals surface area (Å²) < 4.78 is 64.8. The van der Waals surface area contributed by atoms with Gasteiger partial charge in [0.25, 0.3) is 20.2 Å². The molecule has 0 saturated heterocycles. The van der Waals surface area contributed by atoms with Crippen molar-refractivity contribution in [1.82, 2.24) is 0 Å². The van der Waals surface area contributed by atoms with Crippen LogP contribution in [0.25, 0.3) is 0 Å². The Bertz CT molecular complexity index is 1820. The molecule has 0 spiro atoms. The summed E-state index contributed by atoms with van der Waals surface area (Å²) in [6.45, 7) is 8.96. The van der Waals surface area contributed by atoms with E-state index in [-0.39, 0.29) is 97.6 Å². The molecule has 0 rings (SSSR count). The number of unbranched alkanes of at least 4 members (excludes halogenated alkanes) is 56. The average molecular weight is 1390 g/mol. The summed E-state index contributed by atoms with van der Waals surface area (Å²) in [4.78, 5) is 49.4. The Kier molecular flexibility index (Phi) is 74.3. The van der Waals surface area contributed by atoms with Crippen molar-refractivity contribution in [2.75, 3.05) is 0 Å². The van der Waals surface area contributed by atoms with Crippen molar-refractivity contribution in [3.8, 4) is 0 Å². The van der Waals surface area contributed by atoms with E-state index in [1.165, 1.54) is 257 Å². The van der Waals surface area contributed by atoms with Gasteiger partial charge in [0.05, 0.1) is 23.8 Å². The van der Waals surface area contributed by atoms with Crippen LogP contribution in [0.4, 0.5) is 0 Å². The Morgan fingerprint density at radius 1 is 0.277 bits per heavy atom. The predicted octanol–water partition coefficient (Wildman–Crippen LogP) is 14.0. The third kappa shape index (κ3) is 52.6. The number of carboxylic acid groups (broad SMARTS) is 2. The first-order valence-electron chi connectivity index (χ1n) is 39.2. The third-order valence-corrected chi connectivity index (χ3v) is 23.1. The molecule has 94 heavy (non-hydrogen) atoms. The molecule has 0 aromatic carbocycles. The summed E-state index contributed by atoms with van der Waals surface area (Å²) in [7, 11) is -10.2. The number of carbonyl (C=O) groups excluding carboxylic acids is 4. The first-order chi connectivity index (χ1) is 44.3. The minimum Gasteiger partial charge on any atom is -0.548 e. The molecule has 0 aliphatic heterocycles. The van der Waals surface area contributed by atoms with Crippen LogP contribution in [-0.4, -0.2) is 59.2 Å². The molecule has 548 valence electrons. The van der Waals surface area contributed by atoms with E-state index < -0.39 is 65.3 Å². The second-order valence-corrected chi connectivity index (χ2v) is 31.4. The largest absolute Gasteiger partial charge is 1.00 e. The van der Waals surface area contributed by atoms with Gasteiger partial charge in [-0.2, -0.15) is 16.8 Å². The SMILES string of the molecule is CCCCCCCCCCCCCCCCCCC(C(N)=O)C(CCCCCCCCCCCCCCCC)(C(=O)[O-])S(=O)(=O)O.CCCCCCCCCCCCCCCCCCC(C(N)=O)C(CCCCCCCCCCCCCCCC)(C(=O)[O-])S(=O)(=O)O.[Na+].[Na+]. The van der Waals surface area contributed by atoms with E-state index in [4.69, 9.17) is 11.5 Å². The van der Waals surface area contributed by atoms with Crippen molar-refractivity contribution < 1.29 is 114 Å². The topological polar surface area (TPSA) is 275 Å². The van der Waals surface area contributed by atoms with E-state index in [1.54, 1.807) is 0 Å². The molecule has 0 fully saturated rings. The number of nitrogens with two attached hydrogens (primary N) is 2. The van der Waals surface area contributed by atoms with Crippen molar-refractivity contribution in [3.63, 3.8) is 0 Å². The van der Waals surface area contributed by atoms with Gasteiger partial charge in [0.1, 0.15) is 9.49 Å². The van der Waals surface area contributed by atoms with E-state index in [2.05, 4.69) is 27.7 Å². The second kappa shape index (κ2) is 69.8. The Morgan fingerprint density at radius 2 is 0.404 bits per heavy atom. The summed E-state index contributed by atoms with van der Waals surface area (Å²) in [5.41, 5.74) is 11.1. The molecule has 0 aliphatic carbocycles. The maximum Gasteiger partial charge on any atom is 1.00 e. The number of hydrogen-bond donors (Lipinski definition) is 4. The van der Waals surface area contributed by atoms with Crippen LogP contribution in [-0.2, 0) is 39.4 Å². The smallest absolute Gasteiger partial charge is 0.548 e. The number of primary amides is 2. The fourth-order valence-electron chi connectivity index (χ4n) is 13.8. The number of hydrogen-bond acceptors (Lipinski definition) is 10. The van der Waals surface area contributed by atoms with E-state index in [0.29, 0.717) is 25.7 Å². The molecule has 0 radical (unpaired) electrons. The zero-order valence-electron chi connectivity index (χ0n) is 62.4. The number of amides is 2. The number of carbonyl (C=O) groups is 4. The normalized spacial score (nSPS) is 13.6. The van der Waals surface area contributed by atoms with Crippen LogP contribution in [0.1, 0.15) is 439 Å². The van der Waals surface area contributed by atoms with E-state index in [9.17, 15) is 55.3 Å². The van der Waals surface area contributed by atoms with Gasteiger partial charge in [0.2, 0.25) is 11.8 Å². The molecule has 18 heteroatoms. The third-order valence-electron chi connectivity index (χ3n) is 19.9. The van der Waals surface area contributed by atoms with Crippen LogP contribution < -0.4 is 80.8 Å². The van der Waals surface area contributed by atoms with Gasteiger partial charge in [-0.05, 0) is 25.7 Å². The van der Waals surface area contributed by atoms with E-state index >= 15 is 0 Å². The quantitative estimate of drug-likeness (QED) is 0.0251. The fraction of sp³-hybridized carbons (Fsp3) is 0.947. The minimum atomic E-state index is -5.12. The van der Waals surface area contributed by atoms with Gasteiger partial charge in [-0.15, -0.1) is 0 Å². The van der Waals surface area contributed by atoms with Crippen molar-refractivity contribution >= 4 is 44.0 Å². The van der Waals surface area contributed by atoms with Crippen LogP contribution in [0.2, 0.25) is 0 Å². The van der Waals surface area contributed by atoms with Gasteiger partial charge in [0, 0.05) is 0 Å². The molecule has 0 aliphatic rings. The number of carboxylic acids is 2. The predicted molar refractivity (Wildman–Crippen MR) is 382 cm³/mol. The van der Waals surface area contributed by atoms with Crippen LogP contribution >= 0.6 is 0 Å². The zero-order valence-corrected chi connectivity index (χ0v) is 68.0. The van der Waals surface area contributed by atoms with Gasteiger partial charge in [0.15, 0.2) is 0 Å². The number of aliphatic carboxylic acids is 2. The van der Waals surface area contributed by atoms with Gasteiger partial charge in [-0.1, -0.05) is 413 Å². The van der Waals surface area contributed by atoms with Gasteiger partial charge in [-0.25, -0.2) is 0 Å². The Balaban J connectivity index is -0.000000844. The Hall–Kier alpha value is -0.300. The first-order valence-corrected chi connectivity index (χ1v) is 42.1. The molecule has 14 nitrogen and oxygen atoms in total. The molecule has 0 heterocycles. The molecule has 4 atom stereocenters. The van der Waals surface area contributed by atoms with Crippen LogP contribution in [0, 0.1) is 11.8 Å². The Morgan fingerprint density at radius 3 is 0.521 bits per heavy atom. The molecule has 0 aromatic rings. The van der Waals surface area contributed by atoms with Gasteiger partial charge < -0.3 is 31.3 Å².